The molecule has 8 nitrogen and oxygen atoms in total. The Morgan fingerprint density at radius 3 is 2.77 bits per heavy atom. The van der Waals surface area contributed by atoms with Crippen molar-refractivity contribution >= 4 is 11.9 Å². The van der Waals surface area contributed by atoms with Gasteiger partial charge in [0.2, 0.25) is 5.89 Å². The quantitative estimate of drug-likeness (QED) is 0.810. The molecule has 1 amide bonds. The second-order valence-electron chi connectivity index (χ2n) is 5.54. The van der Waals surface area contributed by atoms with Gasteiger partial charge in [0.05, 0.1) is 5.69 Å². The molecule has 0 saturated carbocycles. The minimum Gasteiger partial charge on any atom is -0.447 e. The third-order valence-electron chi connectivity index (χ3n) is 2.88. The summed E-state index contributed by atoms with van der Waals surface area (Å²) < 4.78 is 11.9. The number of nitrogens with two attached hydrogens (primary N) is 1. The van der Waals surface area contributed by atoms with Crippen LogP contribution in [0.2, 0.25) is 0 Å². The van der Waals surface area contributed by atoms with Crippen molar-refractivity contribution in [3.05, 3.63) is 35.8 Å². The molecule has 0 unspecified atom stereocenters. The summed E-state index contributed by atoms with van der Waals surface area (Å²) in [5, 5.41) is 4.11. The molecule has 0 fully saturated rings. The Bertz CT molecular complexity index is 687. The number of amides is 1. The van der Waals surface area contributed by atoms with Gasteiger partial charge in [-0.15, -0.1) is 0 Å². The standard InChI is InChI=1S/C14H18N4O4/c1-9(19)11-4-5-18(17-11)7-12-16-10(8-21-12)6-14(2,3)22-13(15)20/h4-5,8H,6-7H2,1-3H3,(H2,15,20). The maximum absolute atomic E-state index is 11.2. The predicted octanol–water partition coefficient (Wildman–Crippen LogP) is 1.54. The van der Waals surface area contributed by atoms with E-state index in [0.717, 1.165) is 0 Å². The minimum atomic E-state index is -0.831. The zero-order valence-corrected chi connectivity index (χ0v) is 12.7. The van der Waals surface area contributed by atoms with Crippen LogP contribution < -0.4 is 5.73 Å². The number of aromatic nitrogens is 3. The van der Waals surface area contributed by atoms with E-state index in [9.17, 15) is 9.59 Å². The highest BCUT2D eigenvalue weighted by atomic mass is 16.6. The van der Waals surface area contributed by atoms with Crippen molar-refractivity contribution < 1.29 is 18.7 Å². The number of oxazole rings is 1. The van der Waals surface area contributed by atoms with E-state index in [0.29, 0.717) is 30.2 Å². The van der Waals surface area contributed by atoms with Gasteiger partial charge in [-0.25, -0.2) is 9.78 Å². The van der Waals surface area contributed by atoms with Crippen LogP contribution in [0.25, 0.3) is 0 Å². The van der Waals surface area contributed by atoms with Crippen LogP contribution in [0.5, 0.6) is 0 Å². The van der Waals surface area contributed by atoms with Crippen LogP contribution in [0.1, 0.15) is 42.8 Å². The van der Waals surface area contributed by atoms with Crippen molar-refractivity contribution in [3.8, 4) is 0 Å². The molecule has 0 aliphatic carbocycles. The number of carbonyl (C=O) groups excluding carboxylic acids is 2. The molecule has 8 heteroatoms. The molecule has 0 radical (unpaired) electrons. The predicted molar refractivity (Wildman–Crippen MR) is 76.3 cm³/mol. The number of carbonyl (C=O) groups is 2. The fraction of sp³-hybridized carbons (Fsp3) is 0.429. The maximum Gasteiger partial charge on any atom is 0.405 e. The Morgan fingerprint density at radius 1 is 1.45 bits per heavy atom. The van der Waals surface area contributed by atoms with Crippen molar-refractivity contribution in [1.29, 1.82) is 0 Å². The van der Waals surface area contributed by atoms with Crippen LogP contribution in [-0.4, -0.2) is 32.2 Å². The molecule has 0 aliphatic rings. The molecule has 2 rings (SSSR count). The number of nitrogens with zero attached hydrogens (tertiary/aromatic N) is 3. The van der Waals surface area contributed by atoms with Gasteiger partial charge >= 0.3 is 6.09 Å². The van der Waals surface area contributed by atoms with Crippen molar-refractivity contribution in [2.24, 2.45) is 5.73 Å². The van der Waals surface area contributed by atoms with Crippen LogP contribution in [0.3, 0.4) is 0 Å². The lowest BCUT2D eigenvalue weighted by Crippen LogP contribution is -2.33. The Labute approximate surface area is 127 Å². The lowest BCUT2D eigenvalue weighted by atomic mass is 10.0. The Kier molecular flexibility index (Phi) is 4.30. The molecule has 0 bridgehead atoms. The molecule has 118 valence electrons. The van der Waals surface area contributed by atoms with Crippen LogP contribution >= 0.6 is 0 Å². The molecule has 0 atom stereocenters. The summed E-state index contributed by atoms with van der Waals surface area (Å²) in [7, 11) is 0. The Balaban J connectivity index is 2.01. The largest absolute Gasteiger partial charge is 0.447 e. The first kappa shape index (κ1) is 15.7. The van der Waals surface area contributed by atoms with Gasteiger partial charge in [0, 0.05) is 19.5 Å². The van der Waals surface area contributed by atoms with Crippen LogP contribution in [0.15, 0.2) is 22.9 Å². The van der Waals surface area contributed by atoms with Crippen molar-refractivity contribution in [1.82, 2.24) is 14.8 Å². The normalized spacial score (nSPS) is 11.4. The first-order valence-corrected chi connectivity index (χ1v) is 6.71. The molecular formula is C14H18N4O4. The molecule has 2 aromatic heterocycles. The molecule has 0 aromatic carbocycles. The van der Waals surface area contributed by atoms with Gasteiger partial charge in [-0.2, -0.15) is 5.10 Å². The SMILES string of the molecule is CC(=O)c1ccn(Cc2nc(CC(C)(C)OC(N)=O)co2)n1. The van der Waals surface area contributed by atoms with Gasteiger partial charge in [0.15, 0.2) is 5.78 Å². The van der Waals surface area contributed by atoms with Gasteiger partial charge in [-0.05, 0) is 19.9 Å². The summed E-state index contributed by atoms with van der Waals surface area (Å²) in [4.78, 5) is 26.3. The van der Waals surface area contributed by atoms with E-state index in [1.165, 1.54) is 13.2 Å². The van der Waals surface area contributed by atoms with E-state index in [-0.39, 0.29) is 5.78 Å². The second kappa shape index (κ2) is 6.00. The number of ketones is 1. The highest BCUT2D eigenvalue weighted by Crippen LogP contribution is 2.17. The summed E-state index contributed by atoms with van der Waals surface area (Å²) >= 11 is 0. The number of Topliss-reactive ketones (excluding diaryl/α,β-unsaturated/α-hetero) is 1. The van der Waals surface area contributed by atoms with E-state index >= 15 is 0 Å². The van der Waals surface area contributed by atoms with Gasteiger partial charge in [0.1, 0.15) is 24.1 Å². The summed E-state index contributed by atoms with van der Waals surface area (Å²) in [5.74, 6) is 0.347. The van der Waals surface area contributed by atoms with Crippen molar-refractivity contribution in [2.45, 2.75) is 39.3 Å². The molecular weight excluding hydrogens is 288 g/mol. The Hall–Kier alpha value is -2.64. The molecule has 2 heterocycles. The van der Waals surface area contributed by atoms with Crippen LogP contribution in [0, 0.1) is 0 Å². The maximum atomic E-state index is 11.2. The first-order valence-electron chi connectivity index (χ1n) is 6.71. The number of ether oxygens (including phenoxy) is 1. The van der Waals surface area contributed by atoms with E-state index in [1.54, 1.807) is 30.8 Å². The highest BCUT2D eigenvalue weighted by Gasteiger charge is 2.24. The van der Waals surface area contributed by atoms with Gasteiger partial charge in [-0.1, -0.05) is 0 Å². The monoisotopic (exact) mass is 306 g/mol. The average Bonchev–Trinajstić information content (AvgIpc) is 2.97. The summed E-state index contributed by atoms with van der Waals surface area (Å²) in [6.45, 7) is 5.23. The van der Waals surface area contributed by atoms with E-state index in [1.807, 2.05) is 0 Å². The van der Waals surface area contributed by atoms with Crippen LogP contribution in [-0.2, 0) is 17.7 Å². The summed E-state index contributed by atoms with van der Waals surface area (Å²) in [6.07, 6.45) is 2.72. The second-order valence-corrected chi connectivity index (χ2v) is 5.54. The van der Waals surface area contributed by atoms with Gasteiger partial charge in [0.25, 0.3) is 0 Å². The van der Waals surface area contributed by atoms with Crippen molar-refractivity contribution in [3.63, 3.8) is 0 Å². The van der Waals surface area contributed by atoms with Gasteiger partial charge in [-0.3, -0.25) is 9.48 Å². The Morgan fingerprint density at radius 2 is 2.18 bits per heavy atom. The number of rotatable bonds is 6. The van der Waals surface area contributed by atoms with Crippen molar-refractivity contribution in [2.75, 3.05) is 0 Å². The highest BCUT2D eigenvalue weighted by molar-refractivity contribution is 5.91. The third kappa shape index (κ3) is 4.18. The number of hydrogen-bond acceptors (Lipinski definition) is 6. The van der Waals surface area contributed by atoms with E-state index in [4.69, 9.17) is 14.9 Å². The zero-order valence-electron chi connectivity index (χ0n) is 12.7. The van der Waals surface area contributed by atoms with E-state index in [2.05, 4.69) is 10.1 Å². The first-order chi connectivity index (χ1) is 10.2. The van der Waals surface area contributed by atoms with E-state index < -0.39 is 11.7 Å². The fourth-order valence-electron chi connectivity index (χ4n) is 2.02. The number of primary amides is 1. The minimum absolute atomic E-state index is 0.0998. The average molecular weight is 306 g/mol. The smallest absolute Gasteiger partial charge is 0.405 e. The third-order valence-corrected chi connectivity index (χ3v) is 2.88. The lowest BCUT2D eigenvalue weighted by Gasteiger charge is -2.22. The number of hydrogen-bond donors (Lipinski definition) is 1. The molecule has 0 saturated heterocycles. The molecule has 22 heavy (non-hydrogen) atoms. The van der Waals surface area contributed by atoms with Crippen LogP contribution in [0.4, 0.5) is 4.79 Å². The molecule has 2 N–H and O–H groups in total. The molecule has 2 aromatic rings. The summed E-state index contributed by atoms with van der Waals surface area (Å²) in [5.41, 5.74) is 5.28. The summed E-state index contributed by atoms with van der Waals surface area (Å²) in [6, 6.07) is 1.63. The van der Waals surface area contributed by atoms with Gasteiger partial charge < -0.3 is 14.9 Å². The lowest BCUT2D eigenvalue weighted by molar-refractivity contribution is 0.0453. The molecule has 0 aliphatic heterocycles. The zero-order chi connectivity index (χ0) is 16.3. The molecule has 0 spiro atoms. The topological polar surface area (TPSA) is 113 Å². The fourth-order valence-corrected chi connectivity index (χ4v) is 2.02.